The highest BCUT2D eigenvalue weighted by molar-refractivity contribution is 7.89. The molecule has 6 nitrogen and oxygen atoms in total. The molecule has 0 aliphatic carbocycles. The quantitative estimate of drug-likeness (QED) is 0.776. The topological polar surface area (TPSA) is 78.5 Å². The molecule has 9 heteroatoms. The van der Waals surface area contributed by atoms with Crippen molar-refractivity contribution in [2.75, 3.05) is 20.1 Å². The predicted molar refractivity (Wildman–Crippen MR) is 92.1 cm³/mol. The number of hydrogen-bond donors (Lipinski definition) is 2. The third-order valence-corrected chi connectivity index (χ3v) is 5.50. The number of likely N-dealkylation sites (N-methyl/N-ethyl adjacent to an activating group) is 1. The molecule has 0 spiro atoms. The first-order valence-corrected chi connectivity index (χ1v) is 9.07. The van der Waals surface area contributed by atoms with Crippen molar-refractivity contribution in [3.63, 3.8) is 0 Å². The summed E-state index contributed by atoms with van der Waals surface area (Å²) in [6, 6.07) is 4.21. The van der Waals surface area contributed by atoms with E-state index in [1.54, 1.807) is 4.90 Å². The van der Waals surface area contributed by atoms with Crippen LogP contribution in [0.5, 0.6) is 0 Å². The van der Waals surface area contributed by atoms with Crippen molar-refractivity contribution in [2.45, 2.75) is 36.7 Å². The second-order valence-electron chi connectivity index (χ2n) is 5.66. The number of carbonyl (C=O) groups excluding carboxylic acids is 1. The number of hydrogen-bond acceptors (Lipinski definition) is 4. The highest BCUT2D eigenvalue weighted by Gasteiger charge is 2.33. The van der Waals surface area contributed by atoms with E-state index in [-0.39, 0.29) is 24.4 Å². The van der Waals surface area contributed by atoms with E-state index in [2.05, 4.69) is 10.0 Å². The Morgan fingerprint density at radius 2 is 2.08 bits per heavy atom. The third kappa shape index (κ3) is 4.66. The highest BCUT2D eigenvalue weighted by Crippen LogP contribution is 2.19. The Morgan fingerprint density at radius 3 is 2.71 bits per heavy atom. The van der Waals surface area contributed by atoms with Crippen LogP contribution in [0, 0.1) is 5.82 Å². The van der Waals surface area contributed by atoms with Crippen LogP contribution in [0.15, 0.2) is 29.2 Å². The summed E-state index contributed by atoms with van der Waals surface area (Å²) in [7, 11) is -2.27. The minimum Gasteiger partial charge on any atom is -0.337 e. The fourth-order valence-electron chi connectivity index (χ4n) is 2.83. The van der Waals surface area contributed by atoms with E-state index in [0.29, 0.717) is 13.1 Å². The van der Waals surface area contributed by atoms with E-state index in [1.165, 1.54) is 25.1 Å². The minimum atomic E-state index is -4.08. The van der Waals surface area contributed by atoms with Gasteiger partial charge in [0.15, 0.2) is 0 Å². The van der Waals surface area contributed by atoms with Crippen LogP contribution in [0.2, 0.25) is 0 Å². The zero-order valence-electron chi connectivity index (χ0n) is 13.7. The summed E-state index contributed by atoms with van der Waals surface area (Å²) in [6.07, 6.45) is 1.78. The van der Waals surface area contributed by atoms with Crippen molar-refractivity contribution in [2.24, 2.45) is 0 Å². The van der Waals surface area contributed by atoms with E-state index in [4.69, 9.17) is 0 Å². The molecule has 1 heterocycles. The van der Waals surface area contributed by atoms with Gasteiger partial charge in [-0.1, -0.05) is 12.1 Å². The molecule has 1 saturated heterocycles. The molecular formula is C15H23ClFN3O3S. The molecule has 1 aliphatic rings. The second kappa shape index (κ2) is 8.75. The van der Waals surface area contributed by atoms with Gasteiger partial charge < -0.3 is 10.2 Å². The molecule has 2 rings (SSSR count). The lowest BCUT2D eigenvalue weighted by molar-refractivity contribution is -0.133. The van der Waals surface area contributed by atoms with Crippen LogP contribution in [-0.2, 0) is 14.8 Å². The molecule has 1 aromatic carbocycles. The van der Waals surface area contributed by atoms with E-state index < -0.39 is 26.8 Å². The van der Waals surface area contributed by atoms with Crippen LogP contribution in [0.1, 0.15) is 19.8 Å². The monoisotopic (exact) mass is 379 g/mol. The molecule has 2 atom stereocenters. The van der Waals surface area contributed by atoms with Crippen molar-refractivity contribution < 1.29 is 17.6 Å². The molecule has 2 N–H and O–H groups in total. The van der Waals surface area contributed by atoms with Crippen molar-refractivity contribution in [1.29, 1.82) is 0 Å². The largest absolute Gasteiger partial charge is 0.337 e. The summed E-state index contributed by atoms with van der Waals surface area (Å²) in [5.41, 5.74) is 0. The lowest BCUT2D eigenvalue weighted by Crippen LogP contribution is -2.50. The molecule has 1 amide bonds. The maximum Gasteiger partial charge on any atom is 0.244 e. The maximum atomic E-state index is 13.7. The lowest BCUT2D eigenvalue weighted by atomic mass is 10.2. The highest BCUT2D eigenvalue weighted by atomic mass is 35.5. The number of amides is 1. The van der Waals surface area contributed by atoms with Crippen molar-refractivity contribution >= 4 is 28.3 Å². The molecule has 0 aromatic heterocycles. The molecular weight excluding hydrogens is 357 g/mol. The first-order valence-electron chi connectivity index (χ1n) is 7.58. The van der Waals surface area contributed by atoms with Crippen LogP contribution >= 0.6 is 12.4 Å². The van der Waals surface area contributed by atoms with Gasteiger partial charge in [-0.05, 0) is 38.9 Å². The SMILES string of the molecule is CNCC1CCCN1C(=O)C(C)NS(=O)(=O)c1ccccc1F.Cl. The Bertz CT molecular complexity index is 672. The number of halogens is 2. The second-order valence-corrected chi connectivity index (χ2v) is 7.34. The van der Waals surface area contributed by atoms with Gasteiger partial charge in [0.05, 0.1) is 6.04 Å². The number of benzene rings is 1. The summed E-state index contributed by atoms with van der Waals surface area (Å²) in [4.78, 5) is 13.7. The zero-order chi connectivity index (χ0) is 17.0. The lowest BCUT2D eigenvalue weighted by Gasteiger charge is -2.27. The number of nitrogens with zero attached hydrogens (tertiary/aromatic N) is 1. The molecule has 24 heavy (non-hydrogen) atoms. The fraction of sp³-hybridized carbons (Fsp3) is 0.533. The molecule has 0 saturated carbocycles. The van der Waals surface area contributed by atoms with E-state index in [0.717, 1.165) is 18.9 Å². The summed E-state index contributed by atoms with van der Waals surface area (Å²) in [5, 5.41) is 3.03. The average molecular weight is 380 g/mol. The smallest absolute Gasteiger partial charge is 0.244 e. The molecule has 0 radical (unpaired) electrons. The number of likely N-dealkylation sites (tertiary alicyclic amines) is 1. The van der Waals surface area contributed by atoms with Gasteiger partial charge >= 0.3 is 0 Å². The molecule has 1 aromatic rings. The number of carbonyl (C=O) groups is 1. The van der Waals surface area contributed by atoms with Crippen LogP contribution < -0.4 is 10.0 Å². The van der Waals surface area contributed by atoms with Gasteiger partial charge in [-0.3, -0.25) is 4.79 Å². The Kier molecular flexibility index (Phi) is 7.59. The minimum absolute atomic E-state index is 0. The first-order chi connectivity index (χ1) is 10.9. The number of nitrogens with one attached hydrogen (secondary N) is 2. The fourth-order valence-corrected chi connectivity index (χ4v) is 4.11. The molecule has 2 unspecified atom stereocenters. The molecule has 1 aliphatic heterocycles. The third-order valence-electron chi connectivity index (χ3n) is 3.93. The Labute approximate surface area is 148 Å². The van der Waals surface area contributed by atoms with Crippen LogP contribution in [0.25, 0.3) is 0 Å². The van der Waals surface area contributed by atoms with Gasteiger partial charge in [0.25, 0.3) is 0 Å². The maximum absolute atomic E-state index is 13.7. The van der Waals surface area contributed by atoms with Crippen molar-refractivity contribution in [3.8, 4) is 0 Å². The van der Waals surface area contributed by atoms with Crippen LogP contribution in [-0.4, -0.2) is 51.4 Å². The molecule has 1 fully saturated rings. The van der Waals surface area contributed by atoms with Gasteiger partial charge in [-0.2, -0.15) is 4.72 Å². The zero-order valence-corrected chi connectivity index (χ0v) is 15.3. The Balaban J connectivity index is 0.00000288. The van der Waals surface area contributed by atoms with E-state index in [1.807, 2.05) is 7.05 Å². The van der Waals surface area contributed by atoms with Gasteiger partial charge in [0.1, 0.15) is 10.7 Å². The molecule has 0 bridgehead atoms. The Hall–Kier alpha value is -1.22. The molecule has 136 valence electrons. The first kappa shape index (κ1) is 20.8. The standard InChI is InChI=1S/C15H22FN3O3S.ClH/c1-11(15(20)19-9-5-6-12(19)10-17-2)18-23(21,22)14-8-4-3-7-13(14)16;/h3-4,7-8,11-12,17-18H,5-6,9-10H2,1-2H3;1H. The van der Waals surface area contributed by atoms with Gasteiger partial charge in [-0.15, -0.1) is 12.4 Å². The summed E-state index contributed by atoms with van der Waals surface area (Å²) in [6.45, 7) is 2.75. The van der Waals surface area contributed by atoms with Crippen molar-refractivity contribution in [1.82, 2.24) is 14.9 Å². The van der Waals surface area contributed by atoms with E-state index >= 15 is 0 Å². The van der Waals surface area contributed by atoms with E-state index in [9.17, 15) is 17.6 Å². The van der Waals surface area contributed by atoms with Gasteiger partial charge in [-0.25, -0.2) is 12.8 Å². The summed E-state index contributed by atoms with van der Waals surface area (Å²) in [5.74, 6) is -1.13. The summed E-state index contributed by atoms with van der Waals surface area (Å²) < 4.78 is 40.5. The summed E-state index contributed by atoms with van der Waals surface area (Å²) >= 11 is 0. The van der Waals surface area contributed by atoms with Crippen LogP contribution in [0.4, 0.5) is 4.39 Å². The van der Waals surface area contributed by atoms with Gasteiger partial charge in [0.2, 0.25) is 15.9 Å². The van der Waals surface area contributed by atoms with Crippen molar-refractivity contribution in [3.05, 3.63) is 30.1 Å². The van der Waals surface area contributed by atoms with Crippen LogP contribution in [0.3, 0.4) is 0 Å². The van der Waals surface area contributed by atoms with Gasteiger partial charge in [0, 0.05) is 19.1 Å². The number of rotatable bonds is 6. The number of sulfonamides is 1. The normalized spacial score (nSPS) is 19.0. The average Bonchev–Trinajstić information content (AvgIpc) is 2.95. The Morgan fingerprint density at radius 1 is 1.42 bits per heavy atom. The predicted octanol–water partition coefficient (Wildman–Crippen LogP) is 1.12.